The third-order valence-corrected chi connectivity index (χ3v) is 4.19. The summed E-state index contributed by atoms with van der Waals surface area (Å²) < 4.78 is 5.23. The lowest BCUT2D eigenvalue weighted by atomic mass is 10.1. The first kappa shape index (κ1) is 15.6. The van der Waals surface area contributed by atoms with Crippen LogP contribution >= 0.6 is 11.8 Å². The zero-order valence-electron chi connectivity index (χ0n) is 11.3. The van der Waals surface area contributed by atoms with Crippen molar-refractivity contribution >= 4 is 23.5 Å². The Morgan fingerprint density at radius 3 is 2.58 bits per heavy atom. The topological polar surface area (TPSA) is 63.6 Å². The summed E-state index contributed by atoms with van der Waals surface area (Å²) in [6, 6.07) is 5.22. The average molecular weight is 282 g/mol. The molecule has 0 aliphatic heterocycles. The number of hydrogen-bond donors (Lipinski definition) is 1. The molecule has 0 aromatic heterocycles. The van der Waals surface area contributed by atoms with Crippen LogP contribution in [0.2, 0.25) is 0 Å². The van der Waals surface area contributed by atoms with Crippen LogP contribution in [0.3, 0.4) is 0 Å². The summed E-state index contributed by atoms with van der Waals surface area (Å²) in [6.07, 6.45) is 0.564. The molecule has 1 N–H and O–H groups in total. The summed E-state index contributed by atoms with van der Waals surface area (Å²) in [7, 11) is 1.56. The van der Waals surface area contributed by atoms with E-state index in [4.69, 9.17) is 9.84 Å². The fraction of sp³-hybridized carbons (Fsp3) is 0.429. The number of benzene rings is 1. The van der Waals surface area contributed by atoms with Crippen molar-refractivity contribution in [3.63, 3.8) is 0 Å². The van der Waals surface area contributed by atoms with Gasteiger partial charge in [-0.15, -0.1) is 11.8 Å². The maximum atomic E-state index is 11.4. The largest absolute Gasteiger partial charge is 0.496 e. The van der Waals surface area contributed by atoms with Gasteiger partial charge in [-0.3, -0.25) is 9.59 Å². The van der Waals surface area contributed by atoms with E-state index >= 15 is 0 Å². The Morgan fingerprint density at radius 2 is 2.11 bits per heavy atom. The third kappa shape index (κ3) is 4.28. The number of ketones is 1. The Hall–Kier alpha value is -1.49. The second-order valence-electron chi connectivity index (χ2n) is 4.13. The van der Waals surface area contributed by atoms with Crippen molar-refractivity contribution in [1.82, 2.24) is 0 Å². The van der Waals surface area contributed by atoms with Crippen molar-refractivity contribution < 1.29 is 19.4 Å². The minimum absolute atomic E-state index is 0.0146. The number of rotatable bonds is 7. The highest BCUT2D eigenvalue weighted by molar-refractivity contribution is 7.99. The van der Waals surface area contributed by atoms with E-state index < -0.39 is 11.2 Å². The van der Waals surface area contributed by atoms with Gasteiger partial charge in [0.15, 0.2) is 5.78 Å². The van der Waals surface area contributed by atoms with E-state index in [0.29, 0.717) is 23.5 Å². The number of carboxylic acids is 1. The minimum atomic E-state index is -0.811. The van der Waals surface area contributed by atoms with E-state index in [2.05, 4.69) is 0 Å². The molecule has 1 unspecified atom stereocenters. The van der Waals surface area contributed by atoms with E-state index in [1.54, 1.807) is 25.3 Å². The number of carbonyl (C=O) groups excluding carboxylic acids is 1. The van der Waals surface area contributed by atoms with Crippen LogP contribution < -0.4 is 4.74 Å². The molecule has 1 aromatic rings. The van der Waals surface area contributed by atoms with Gasteiger partial charge in [-0.05, 0) is 31.5 Å². The predicted molar refractivity (Wildman–Crippen MR) is 76.0 cm³/mol. The van der Waals surface area contributed by atoms with Crippen LogP contribution in [-0.4, -0.2) is 29.2 Å². The van der Waals surface area contributed by atoms with Gasteiger partial charge in [0, 0.05) is 16.9 Å². The van der Waals surface area contributed by atoms with Crippen molar-refractivity contribution in [3.05, 3.63) is 29.3 Å². The van der Waals surface area contributed by atoms with E-state index in [-0.39, 0.29) is 5.78 Å². The Bertz CT molecular complexity index is 471. The number of Topliss-reactive ketones (excluding diaryl/α,β-unsaturated/α-hetero) is 1. The molecule has 19 heavy (non-hydrogen) atoms. The number of thioether (sulfide) groups is 1. The number of hydrogen-bond acceptors (Lipinski definition) is 4. The molecular weight excluding hydrogens is 264 g/mol. The van der Waals surface area contributed by atoms with E-state index in [9.17, 15) is 9.59 Å². The summed E-state index contributed by atoms with van der Waals surface area (Å²) >= 11 is 1.34. The Labute approximate surface area is 117 Å². The number of carboxylic acid groups (broad SMARTS) is 1. The summed E-state index contributed by atoms with van der Waals surface area (Å²) in [4.78, 5) is 22.3. The van der Waals surface area contributed by atoms with Crippen LogP contribution in [0.15, 0.2) is 18.2 Å². The van der Waals surface area contributed by atoms with Gasteiger partial charge < -0.3 is 9.84 Å². The van der Waals surface area contributed by atoms with E-state index in [1.807, 2.05) is 6.92 Å². The lowest BCUT2D eigenvalue weighted by Crippen LogP contribution is -2.15. The van der Waals surface area contributed by atoms with E-state index in [0.717, 1.165) is 5.56 Å². The molecule has 5 heteroatoms. The quantitative estimate of drug-likeness (QED) is 0.779. The van der Waals surface area contributed by atoms with Gasteiger partial charge in [-0.25, -0.2) is 0 Å². The minimum Gasteiger partial charge on any atom is -0.496 e. The molecule has 0 heterocycles. The molecule has 0 bridgehead atoms. The first-order chi connectivity index (χ1) is 8.99. The molecule has 0 spiro atoms. The SMILES string of the molecule is CCC(SCc1cc(C(C)=O)ccc1OC)C(=O)O. The molecule has 0 aliphatic carbocycles. The van der Waals surface area contributed by atoms with Crippen LogP contribution in [0.25, 0.3) is 0 Å². The van der Waals surface area contributed by atoms with Gasteiger partial charge in [-0.1, -0.05) is 6.92 Å². The van der Waals surface area contributed by atoms with Gasteiger partial charge >= 0.3 is 5.97 Å². The second kappa shape index (κ2) is 7.19. The molecule has 0 fully saturated rings. The Kier molecular flexibility index (Phi) is 5.89. The Morgan fingerprint density at radius 1 is 1.42 bits per heavy atom. The van der Waals surface area contributed by atoms with Gasteiger partial charge in [-0.2, -0.15) is 0 Å². The van der Waals surface area contributed by atoms with Crippen molar-refractivity contribution in [3.8, 4) is 5.75 Å². The van der Waals surface area contributed by atoms with Crippen LogP contribution in [0.5, 0.6) is 5.75 Å². The molecule has 0 radical (unpaired) electrons. The van der Waals surface area contributed by atoms with Crippen molar-refractivity contribution in [2.24, 2.45) is 0 Å². The summed E-state index contributed by atoms with van der Waals surface area (Å²) in [6.45, 7) is 3.35. The predicted octanol–water partition coefficient (Wildman–Crippen LogP) is 2.99. The maximum absolute atomic E-state index is 11.4. The van der Waals surface area contributed by atoms with Crippen LogP contribution in [0.4, 0.5) is 0 Å². The fourth-order valence-corrected chi connectivity index (χ4v) is 2.65. The normalized spacial score (nSPS) is 11.9. The summed E-state index contributed by atoms with van der Waals surface area (Å²) in [5.41, 5.74) is 1.46. The third-order valence-electron chi connectivity index (χ3n) is 2.77. The molecule has 1 aromatic carbocycles. The lowest BCUT2D eigenvalue weighted by Gasteiger charge is -2.12. The van der Waals surface area contributed by atoms with Crippen LogP contribution in [0, 0.1) is 0 Å². The van der Waals surface area contributed by atoms with Crippen molar-refractivity contribution in [2.45, 2.75) is 31.3 Å². The maximum Gasteiger partial charge on any atom is 0.316 e. The van der Waals surface area contributed by atoms with Crippen LogP contribution in [-0.2, 0) is 10.5 Å². The van der Waals surface area contributed by atoms with Gasteiger partial charge in [0.2, 0.25) is 0 Å². The molecule has 1 rings (SSSR count). The van der Waals surface area contributed by atoms with E-state index in [1.165, 1.54) is 18.7 Å². The first-order valence-electron chi connectivity index (χ1n) is 6.01. The number of methoxy groups -OCH3 is 1. The lowest BCUT2D eigenvalue weighted by molar-refractivity contribution is -0.136. The second-order valence-corrected chi connectivity index (χ2v) is 5.32. The summed E-state index contributed by atoms with van der Waals surface area (Å²) in [5.74, 6) is 0.362. The molecule has 0 saturated carbocycles. The summed E-state index contributed by atoms with van der Waals surface area (Å²) in [5, 5.41) is 8.58. The van der Waals surface area contributed by atoms with Gasteiger partial charge in [0.05, 0.1) is 7.11 Å². The molecule has 0 saturated heterocycles. The number of aliphatic carboxylic acids is 1. The van der Waals surface area contributed by atoms with Crippen molar-refractivity contribution in [2.75, 3.05) is 7.11 Å². The zero-order valence-corrected chi connectivity index (χ0v) is 12.1. The van der Waals surface area contributed by atoms with Gasteiger partial charge in [0.1, 0.15) is 11.0 Å². The number of carbonyl (C=O) groups is 2. The standard InChI is InChI=1S/C14H18O4S/c1-4-13(14(16)17)19-8-11-7-10(9(2)15)5-6-12(11)18-3/h5-7,13H,4,8H2,1-3H3,(H,16,17). The smallest absolute Gasteiger partial charge is 0.316 e. The highest BCUT2D eigenvalue weighted by Crippen LogP contribution is 2.28. The van der Waals surface area contributed by atoms with Crippen LogP contribution in [0.1, 0.15) is 36.2 Å². The number of ether oxygens (including phenoxy) is 1. The van der Waals surface area contributed by atoms with Crippen molar-refractivity contribution in [1.29, 1.82) is 0 Å². The zero-order chi connectivity index (χ0) is 14.4. The molecule has 104 valence electrons. The molecule has 1 atom stereocenters. The Balaban J connectivity index is 2.88. The first-order valence-corrected chi connectivity index (χ1v) is 7.06. The molecule has 0 aliphatic rings. The van der Waals surface area contributed by atoms with Gasteiger partial charge in [0.25, 0.3) is 0 Å². The molecule has 0 amide bonds. The molecular formula is C14H18O4S. The highest BCUT2D eigenvalue weighted by atomic mass is 32.2. The molecule has 4 nitrogen and oxygen atoms in total. The average Bonchev–Trinajstić information content (AvgIpc) is 2.38. The fourth-order valence-electron chi connectivity index (χ4n) is 1.66. The highest BCUT2D eigenvalue weighted by Gasteiger charge is 2.17. The monoisotopic (exact) mass is 282 g/mol.